The summed E-state index contributed by atoms with van der Waals surface area (Å²) in [6.07, 6.45) is 5.14. The van der Waals surface area contributed by atoms with Crippen molar-refractivity contribution >= 4 is 23.4 Å². The molecule has 1 nitrogen and oxygen atoms in total. The third kappa shape index (κ3) is 4.16. The van der Waals surface area contributed by atoms with E-state index in [-0.39, 0.29) is 0 Å². The van der Waals surface area contributed by atoms with Crippen molar-refractivity contribution in [2.24, 2.45) is 5.41 Å². The second kappa shape index (κ2) is 7.20. The van der Waals surface area contributed by atoms with Gasteiger partial charge in [-0.3, -0.25) is 0 Å². The van der Waals surface area contributed by atoms with Gasteiger partial charge in [-0.25, -0.2) is 0 Å². The fourth-order valence-electron chi connectivity index (χ4n) is 3.13. The highest BCUT2D eigenvalue weighted by Gasteiger charge is 2.38. The maximum Gasteiger partial charge on any atom is 0.0417 e. The van der Waals surface area contributed by atoms with E-state index >= 15 is 0 Å². The highest BCUT2D eigenvalue weighted by Crippen LogP contribution is 2.43. The van der Waals surface area contributed by atoms with Gasteiger partial charge < -0.3 is 5.32 Å². The van der Waals surface area contributed by atoms with Gasteiger partial charge in [-0.1, -0.05) is 44.9 Å². The summed E-state index contributed by atoms with van der Waals surface area (Å²) >= 11 is 8.10. The molecule has 2 rings (SSSR count). The Labute approximate surface area is 132 Å². The van der Waals surface area contributed by atoms with E-state index in [1.165, 1.54) is 30.6 Å². The first-order chi connectivity index (χ1) is 9.53. The summed E-state index contributed by atoms with van der Waals surface area (Å²) in [6.45, 7) is 8.17. The number of rotatable bonds is 5. The predicted molar refractivity (Wildman–Crippen MR) is 90.8 cm³/mol. The Kier molecular flexibility index (Phi) is 5.83. The smallest absolute Gasteiger partial charge is 0.0417 e. The number of benzene rings is 1. The molecule has 0 spiro atoms. The van der Waals surface area contributed by atoms with Crippen LogP contribution >= 0.6 is 23.4 Å². The van der Waals surface area contributed by atoms with E-state index < -0.39 is 0 Å². The van der Waals surface area contributed by atoms with Gasteiger partial charge in [0, 0.05) is 21.2 Å². The molecule has 1 fully saturated rings. The number of hydrogen-bond donors (Lipinski definition) is 1. The Morgan fingerprint density at radius 3 is 2.90 bits per heavy atom. The molecule has 2 atom stereocenters. The topological polar surface area (TPSA) is 12.0 Å². The van der Waals surface area contributed by atoms with E-state index in [2.05, 4.69) is 38.2 Å². The van der Waals surface area contributed by atoms with Gasteiger partial charge in [-0.2, -0.15) is 0 Å². The normalized spacial score (nSPS) is 25.6. The first kappa shape index (κ1) is 16.2. The zero-order valence-electron chi connectivity index (χ0n) is 12.8. The van der Waals surface area contributed by atoms with Crippen LogP contribution in [0, 0.1) is 5.41 Å². The first-order valence-electron chi connectivity index (χ1n) is 7.68. The van der Waals surface area contributed by atoms with Crippen LogP contribution in [0.1, 0.15) is 46.5 Å². The van der Waals surface area contributed by atoms with Crippen LogP contribution in [0.15, 0.2) is 29.2 Å². The minimum absolute atomic E-state index is 0.379. The molecule has 0 heterocycles. The second-order valence-corrected chi connectivity index (χ2v) is 8.18. The van der Waals surface area contributed by atoms with Crippen LogP contribution in [0.2, 0.25) is 5.02 Å². The quantitative estimate of drug-likeness (QED) is 0.783. The average molecular weight is 312 g/mol. The van der Waals surface area contributed by atoms with E-state index in [4.69, 9.17) is 11.6 Å². The zero-order valence-corrected chi connectivity index (χ0v) is 14.4. The molecule has 0 bridgehead atoms. The SMILES string of the molecule is CCCNC1C(Sc2cccc(Cl)c2)CCCC1(C)C. The fraction of sp³-hybridized carbons (Fsp3) is 0.647. The van der Waals surface area contributed by atoms with E-state index in [0.717, 1.165) is 11.6 Å². The molecular formula is C17H26ClNS. The Hall–Kier alpha value is -0.180. The fourth-order valence-corrected chi connectivity index (χ4v) is 4.98. The molecule has 1 aliphatic rings. The van der Waals surface area contributed by atoms with Crippen LogP contribution in [-0.4, -0.2) is 17.8 Å². The molecule has 1 saturated carbocycles. The minimum Gasteiger partial charge on any atom is -0.312 e. The Bertz CT molecular complexity index is 433. The highest BCUT2D eigenvalue weighted by molar-refractivity contribution is 8.00. The van der Waals surface area contributed by atoms with Crippen LogP contribution in [0.4, 0.5) is 0 Å². The van der Waals surface area contributed by atoms with Crippen molar-refractivity contribution in [3.63, 3.8) is 0 Å². The summed E-state index contributed by atoms with van der Waals surface area (Å²) in [6, 6.07) is 8.84. The van der Waals surface area contributed by atoms with Gasteiger partial charge in [-0.05, 0) is 49.4 Å². The van der Waals surface area contributed by atoms with Crippen molar-refractivity contribution in [3.8, 4) is 0 Å². The van der Waals surface area contributed by atoms with Crippen LogP contribution in [0.25, 0.3) is 0 Å². The molecule has 20 heavy (non-hydrogen) atoms. The lowest BCUT2D eigenvalue weighted by Crippen LogP contribution is -2.51. The third-order valence-corrected chi connectivity index (χ3v) is 5.79. The molecule has 0 aromatic heterocycles. The van der Waals surface area contributed by atoms with Crippen molar-refractivity contribution in [2.75, 3.05) is 6.54 Å². The molecule has 1 aromatic rings. The molecule has 2 unspecified atom stereocenters. The molecule has 3 heteroatoms. The molecule has 1 aromatic carbocycles. The molecule has 0 radical (unpaired) electrons. The largest absolute Gasteiger partial charge is 0.312 e. The van der Waals surface area contributed by atoms with Gasteiger partial charge in [0.2, 0.25) is 0 Å². The summed E-state index contributed by atoms with van der Waals surface area (Å²) in [4.78, 5) is 1.29. The Morgan fingerprint density at radius 2 is 2.20 bits per heavy atom. The van der Waals surface area contributed by atoms with Crippen LogP contribution in [0.3, 0.4) is 0 Å². The summed E-state index contributed by atoms with van der Waals surface area (Å²) in [5, 5.41) is 5.27. The summed E-state index contributed by atoms with van der Waals surface area (Å²) in [7, 11) is 0. The van der Waals surface area contributed by atoms with Crippen molar-refractivity contribution in [1.82, 2.24) is 5.32 Å². The van der Waals surface area contributed by atoms with Crippen molar-refractivity contribution in [1.29, 1.82) is 0 Å². The second-order valence-electron chi connectivity index (χ2n) is 6.43. The van der Waals surface area contributed by atoms with Gasteiger partial charge in [0.25, 0.3) is 0 Å². The molecule has 1 N–H and O–H groups in total. The number of halogens is 1. The lowest BCUT2D eigenvalue weighted by Gasteiger charge is -2.44. The molecular weight excluding hydrogens is 286 g/mol. The third-order valence-electron chi connectivity index (χ3n) is 4.22. The maximum absolute atomic E-state index is 6.11. The number of nitrogens with one attached hydrogen (secondary N) is 1. The van der Waals surface area contributed by atoms with Gasteiger partial charge in [-0.15, -0.1) is 11.8 Å². The zero-order chi connectivity index (χ0) is 14.6. The average Bonchev–Trinajstić information content (AvgIpc) is 2.37. The standard InChI is InChI=1S/C17H26ClNS/c1-4-11-19-16-15(9-6-10-17(16,2)3)20-14-8-5-7-13(18)12-14/h5,7-8,12,15-16,19H,4,6,9-11H2,1-3H3. The van der Waals surface area contributed by atoms with Crippen molar-refractivity contribution in [3.05, 3.63) is 29.3 Å². The van der Waals surface area contributed by atoms with Gasteiger partial charge in [0.05, 0.1) is 0 Å². The van der Waals surface area contributed by atoms with E-state index in [9.17, 15) is 0 Å². The molecule has 112 valence electrons. The van der Waals surface area contributed by atoms with Gasteiger partial charge in [0.15, 0.2) is 0 Å². The lowest BCUT2D eigenvalue weighted by molar-refractivity contribution is 0.175. The number of hydrogen-bond acceptors (Lipinski definition) is 2. The van der Waals surface area contributed by atoms with Crippen LogP contribution in [-0.2, 0) is 0 Å². The van der Waals surface area contributed by atoms with E-state index in [0.29, 0.717) is 16.7 Å². The first-order valence-corrected chi connectivity index (χ1v) is 8.94. The minimum atomic E-state index is 0.379. The maximum atomic E-state index is 6.11. The molecule has 1 aliphatic carbocycles. The van der Waals surface area contributed by atoms with Crippen molar-refractivity contribution in [2.45, 2.75) is 62.6 Å². The van der Waals surface area contributed by atoms with Crippen LogP contribution < -0.4 is 5.32 Å². The summed E-state index contributed by atoms with van der Waals surface area (Å²) < 4.78 is 0. The summed E-state index contributed by atoms with van der Waals surface area (Å²) in [5.41, 5.74) is 0.379. The predicted octanol–water partition coefficient (Wildman–Crippen LogP) is 5.38. The highest BCUT2D eigenvalue weighted by atomic mass is 35.5. The van der Waals surface area contributed by atoms with Gasteiger partial charge in [0.1, 0.15) is 0 Å². The molecule has 0 aliphatic heterocycles. The Balaban J connectivity index is 2.10. The summed E-state index contributed by atoms with van der Waals surface area (Å²) in [5.74, 6) is 0. The molecule has 0 saturated heterocycles. The van der Waals surface area contributed by atoms with E-state index in [1.54, 1.807) is 0 Å². The Morgan fingerprint density at radius 1 is 1.40 bits per heavy atom. The van der Waals surface area contributed by atoms with E-state index in [1.807, 2.05) is 23.9 Å². The van der Waals surface area contributed by atoms with Crippen molar-refractivity contribution < 1.29 is 0 Å². The van der Waals surface area contributed by atoms with Gasteiger partial charge >= 0.3 is 0 Å². The lowest BCUT2D eigenvalue weighted by atomic mass is 9.73. The van der Waals surface area contributed by atoms with Crippen LogP contribution in [0.5, 0.6) is 0 Å². The monoisotopic (exact) mass is 311 g/mol. The molecule has 0 amide bonds. The number of thioether (sulfide) groups is 1.